The normalized spacial score (nSPS) is 12.9. The monoisotopic (exact) mass is 458 g/mol. The van der Waals surface area contributed by atoms with E-state index >= 15 is 0 Å². The van der Waals surface area contributed by atoms with E-state index in [0.29, 0.717) is 17.2 Å². The zero-order valence-corrected chi connectivity index (χ0v) is 19.9. The van der Waals surface area contributed by atoms with Crippen LogP contribution in [0.4, 0.5) is 17.1 Å². The van der Waals surface area contributed by atoms with Gasteiger partial charge in [0.15, 0.2) is 0 Å². The maximum atomic E-state index is 9.11. The number of nitrogens with one attached hydrogen (secondary N) is 1. The summed E-state index contributed by atoms with van der Waals surface area (Å²) < 4.78 is 5.82. The number of thiol groups is 1. The van der Waals surface area contributed by atoms with Gasteiger partial charge in [0.25, 0.3) is 0 Å². The van der Waals surface area contributed by atoms with Crippen LogP contribution in [0.1, 0.15) is 25.3 Å². The highest BCUT2D eigenvalue weighted by molar-refractivity contribution is 7.80. The van der Waals surface area contributed by atoms with Crippen LogP contribution >= 0.6 is 12.6 Å². The van der Waals surface area contributed by atoms with Crippen LogP contribution in [0.3, 0.4) is 0 Å². The Balaban J connectivity index is 0.000000257. The molecule has 0 unspecified atom stereocenters. The Hall–Kier alpha value is -3.57. The zero-order chi connectivity index (χ0) is 23.8. The molecule has 0 saturated heterocycles. The number of aliphatic hydroxyl groups excluding tert-OH is 1. The van der Waals surface area contributed by atoms with Crippen LogP contribution in [0.2, 0.25) is 0 Å². The number of nitrogen functional groups attached to an aromatic ring is 1. The molecule has 0 saturated carbocycles. The summed E-state index contributed by atoms with van der Waals surface area (Å²) in [7, 11) is 0. The van der Waals surface area contributed by atoms with E-state index in [-0.39, 0.29) is 0 Å². The van der Waals surface area contributed by atoms with Crippen molar-refractivity contribution in [3.05, 3.63) is 108 Å². The summed E-state index contributed by atoms with van der Waals surface area (Å²) in [6.45, 7) is 7.77. The molecule has 4 rings (SSSR count). The molecular weight excluding hydrogens is 428 g/mol. The molecule has 3 aromatic rings. The molecule has 3 aromatic carbocycles. The second kappa shape index (κ2) is 11.3. The number of benzene rings is 3. The molecule has 1 aliphatic carbocycles. The predicted octanol–water partition coefficient (Wildman–Crippen LogP) is 8.13. The first-order valence-electron chi connectivity index (χ1n) is 10.8. The second-order valence-electron chi connectivity index (χ2n) is 7.91. The first-order chi connectivity index (χ1) is 15.8. The van der Waals surface area contributed by atoms with Crippen molar-refractivity contribution in [1.29, 1.82) is 0 Å². The molecule has 4 N–H and O–H groups in total. The summed E-state index contributed by atoms with van der Waals surface area (Å²) in [5.41, 5.74) is 12.1. The largest absolute Gasteiger partial charge is 0.512 e. The number of ether oxygens (including phenoxy) is 1. The van der Waals surface area contributed by atoms with Crippen LogP contribution in [0, 0.1) is 6.92 Å². The van der Waals surface area contributed by atoms with Gasteiger partial charge in [-0.1, -0.05) is 35.9 Å². The van der Waals surface area contributed by atoms with Crippen molar-refractivity contribution < 1.29 is 9.84 Å². The van der Waals surface area contributed by atoms with Crippen molar-refractivity contribution >= 4 is 29.7 Å². The van der Waals surface area contributed by atoms with Crippen molar-refractivity contribution in [3.63, 3.8) is 0 Å². The van der Waals surface area contributed by atoms with Gasteiger partial charge in [0, 0.05) is 23.1 Å². The zero-order valence-electron chi connectivity index (χ0n) is 19.0. The SMILES string of the molecule is C=CC1=C(C)CCC(O)=C1.Cc1ccc(Oc2ccc(Nc3ccc(S)cc3)c(N)c2)cc1. The number of rotatable bonds is 5. The summed E-state index contributed by atoms with van der Waals surface area (Å²) >= 11 is 4.28. The van der Waals surface area contributed by atoms with Gasteiger partial charge in [-0.05, 0) is 80.4 Å². The summed E-state index contributed by atoms with van der Waals surface area (Å²) in [5, 5.41) is 12.4. The number of aliphatic hydroxyl groups is 1. The Morgan fingerprint density at radius 1 is 0.970 bits per heavy atom. The van der Waals surface area contributed by atoms with Gasteiger partial charge in [-0.3, -0.25) is 0 Å². The van der Waals surface area contributed by atoms with E-state index in [4.69, 9.17) is 15.6 Å². The highest BCUT2D eigenvalue weighted by Gasteiger charge is 2.06. The number of hydrogen-bond donors (Lipinski definition) is 4. The molecule has 0 bridgehead atoms. The molecule has 0 heterocycles. The lowest BCUT2D eigenvalue weighted by molar-refractivity contribution is 0.385. The first-order valence-corrected chi connectivity index (χ1v) is 11.2. The van der Waals surface area contributed by atoms with Crippen molar-refractivity contribution in [3.8, 4) is 11.5 Å². The van der Waals surface area contributed by atoms with E-state index in [9.17, 15) is 0 Å². The average molecular weight is 459 g/mol. The van der Waals surface area contributed by atoms with E-state index in [1.165, 1.54) is 11.1 Å². The molecular formula is C28H30N2O2S. The average Bonchev–Trinajstić information content (AvgIpc) is 2.80. The van der Waals surface area contributed by atoms with Gasteiger partial charge in [-0.2, -0.15) is 0 Å². The molecule has 5 heteroatoms. The van der Waals surface area contributed by atoms with Crippen molar-refractivity contribution in [1.82, 2.24) is 0 Å². The molecule has 4 nitrogen and oxygen atoms in total. The van der Waals surface area contributed by atoms with Gasteiger partial charge in [0.05, 0.1) is 17.1 Å². The van der Waals surface area contributed by atoms with E-state index < -0.39 is 0 Å². The van der Waals surface area contributed by atoms with E-state index in [1.54, 1.807) is 12.2 Å². The second-order valence-corrected chi connectivity index (χ2v) is 8.43. The fraction of sp³-hybridized carbons (Fsp3) is 0.143. The summed E-state index contributed by atoms with van der Waals surface area (Å²) in [6, 6.07) is 21.3. The van der Waals surface area contributed by atoms with E-state index in [0.717, 1.165) is 40.4 Å². The third kappa shape index (κ3) is 7.22. The molecule has 0 aromatic heterocycles. The van der Waals surface area contributed by atoms with Crippen LogP contribution in [-0.2, 0) is 0 Å². The van der Waals surface area contributed by atoms with Crippen molar-refractivity contribution in [2.75, 3.05) is 11.1 Å². The van der Waals surface area contributed by atoms with Gasteiger partial charge >= 0.3 is 0 Å². The molecule has 0 fully saturated rings. The number of allylic oxidation sites excluding steroid dienone is 5. The Labute approximate surface area is 201 Å². The summed E-state index contributed by atoms with van der Waals surface area (Å²) in [5.74, 6) is 1.98. The molecule has 170 valence electrons. The Morgan fingerprint density at radius 2 is 1.64 bits per heavy atom. The van der Waals surface area contributed by atoms with Gasteiger partial charge in [-0.15, -0.1) is 12.6 Å². The van der Waals surface area contributed by atoms with Crippen LogP contribution in [0.25, 0.3) is 0 Å². The molecule has 33 heavy (non-hydrogen) atoms. The standard InChI is InChI=1S/C19H18N2OS.C9H12O/c1-13-2-6-15(7-3-13)22-16-8-11-19(18(20)12-16)21-14-4-9-17(23)10-5-14;1-3-8-6-9(10)5-4-7(8)2/h2-12,21,23H,20H2,1H3;3,6,10H,1,4-5H2,2H3. The Bertz CT molecular complexity index is 1160. The lowest BCUT2D eigenvalue weighted by Gasteiger charge is -2.12. The van der Waals surface area contributed by atoms with Gasteiger partial charge in [0.1, 0.15) is 11.5 Å². The van der Waals surface area contributed by atoms with Crippen LogP contribution < -0.4 is 15.8 Å². The van der Waals surface area contributed by atoms with E-state index in [1.807, 2.05) is 73.7 Å². The fourth-order valence-electron chi connectivity index (χ4n) is 3.23. The van der Waals surface area contributed by atoms with Gasteiger partial charge < -0.3 is 20.9 Å². The molecule has 0 radical (unpaired) electrons. The summed E-state index contributed by atoms with van der Waals surface area (Å²) in [4.78, 5) is 0.922. The van der Waals surface area contributed by atoms with Gasteiger partial charge in [-0.25, -0.2) is 0 Å². The smallest absolute Gasteiger partial charge is 0.129 e. The summed E-state index contributed by atoms with van der Waals surface area (Å²) in [6.07, 6.45) is 5.31. The number of aryl methyl sites for hydroxylation is 1. The minimum absolute atomic E-state index is 0.473. The minimum Gasteiger partial charge on any atom is -0.512 e. The Morgan fingerprint density at radius 3 is 2.24 bits per heavy atom. The highest BCUT2D eigenvalue weighted by atomic mass is 32.1. The molecule has 0 spiro atoms. The third-order valence-electron chi connectivity index (χ3n) is 5.22. The van der Waals surface area contributed by atoms with Crippen LogP contribution in [0.15, 0.2) is 107 Å². The predicted molar refractivity (Wildman–Crippen MR) is 142 cm³/mol. The van der Waals surface area contributed by atoms with Crippen molar-refractivity contribution in [2.45, 2.75) is 31.6 Å². The topological polar surface area (TPSA) is 67.5 Å². The highest BCUT2D eigenvalue weighted by Crippen LogP contribution is 2.30. The van der Waals surface area contributed by atoms with E-state index in [2.05, 4.69) is 31.4 Å². The number of anilines is 3. The lowest BCUT2D eigenvalue weighted by Crippen LogP contribution is -1.97. The lowest BCUT2D eigenvalue weighted by atomic mass is 9.98. The van der Waals surface area contributed by atoms with Crippen LogP contribution in [-0.4, -0.2) is 5.11 Å². The van der Waals surface area contributed by atoms with Crippen LogP contribution in [0.5, 0.6) is 11.5 Å². The third-order valence-corrected chi connectivity index (χ3v) is 5.52. The quantitative estimate of drug-likeness (QED) is 0.230. The minimum atomic E-state index is 0.473. The Kier molecular flexibility index (Phi) is 8.28. The van der Waals surface area contributed by atoms with Crippen molar-refractivity contribution in [2.24, 2.45) is 0 Å². The maximum absolute atomic E-state index is 9.11. The molecule has 1 aliphatic rings. The number of hydrogen-bond acceptors (Lipinski definition) is 5. The maximum Gasteiger partial charge on any atom is 0.129 e. The molecule has 0 amide bonds. The fourth-order valence-corrected chi connectivity index (χ4v) is 3.38. The molecule has 0 atom stereocenters. The van der Waals surface area contributed by atoms with Gasteiger partial charge in [0.2, 0.25) is 0 Å². The molecule has 0 aliphatic heterocycles. The first kappa shape index (κ1) is 24.1. The number of nitrogens with two attached hydrogens (primary N) is 1.